The molecule has 5 heteroatoms. The van der Waals surface area contributed by atoms with Crippen molar-refractivity contribution >= 4 is 17.9 Å². The van der Waals surface area contributed by atoms with Crippen molar-refractivity contribution in [2.45, 2.75) is 50.5 Å². The number of nitrogens with zero attached hydrogens (tertiary/aromatic N) is 1. The van der Waals surface area contributed by atoms with Crippen molar-refractivity contribution in [2.75, 3.05) is 13.7 Å². The summed E-state index contributed by atoms with van der Waals surface area (Å²) in [4.78, 5) is 26.9. The predicted molar refractivity (Wildman–Crippen MR) is 122 cm³/mol. The molecular formula is C26H30N2O3. The summed E-state index contributed by atoms with van der Waals surface area (Å²) >= 11 is 0. The van der Waals surface area contributed by atoms with Gasteiger partial charge in [0.1, 0.15) is 5.75 Å². The van der Waals surface area contributed by atoms with E-state index in [1.165, 1.54) is 5.56 Å². The maximum atomic E-state index is 13.1. The molecule has 0 bridgehead atoms. The average molecular weight is 419 g/mol. The molecule has 1 saturated carbocycles. The first-order chi connectivity index (χ1) is 15.0. The van der Waals surface area contributed by atoms with Gasteiger partial charge in [-0.15, -0.1) is 0 Å². The molecule has 1 aliphatic heterocycles. The summed E-state index contributed by atoms with van der Waals surface area (Å²) in [7, 11) is 1.70. The van der Waals surface area contributed by atoms with Crippen LogP contribution >= 0.6 is 0 Å². The highest BCUT2D eigenvalue weighted by molar-refractivity contribution is 5.82. The number of benzene rings is 2. The van der Waals surface area contributed by atoms with E-state index in [4.69, 9.17) is 4.74 Å². The Bertz CT molecular complexity index is 992. The van der Waals surface area contributed by atoms with Gasteiger partial charge < -0.3 is 15.0 Å². The van der Waals surface area contributed by atoms with Gasteiger partial charge in [-0.05, 0) is 36.1 Å². The van der Waals surface area contributed by atoms with E-state index in [1.807, 2.05) is 48.5 Å². The minimum absolute atomic E-state index is 0.0393. The molecule has 2 amide bonds. The zero-order chi connectivity index (χ0) is 21.8. The molecule has 0 saturated heterocycles. The fourth-order valence-corrected chi connectivity index (χ4v) is 5.10. The third-order valence-corrected chi connectivity index (χ3v) is 6.71. The molecule has 2 aromatic carbocycles. The van der Waals surface area contributed by atoms with Crippen LogP contribution in [0.3, 0.4) is 0 Å². The smallest absolute Gasteiger partial charge is 0.223 e. The number of para-hydroxylation sites is 1. The van der Waals surface area contributed by atoms with Gasteiger partial charge in [-0.1, -0.05) is 55.3 Å². The number of carbonyl (C=O) groups excluding carboxylic acids is 2. The van der Waals surface area contributed by atoms with Crippen molar-refractivity contribution < 1.29 is 14.3 Å². The number of carbonyl (C=O) groups is 2. The van der Waals surface area contributed by atoms with Crippen LogP contribution in [0.4, 0.5) is 0 Å². The molecule has 1 atom stereocenters. The van der Waals surface area contributed by atoms with Crippen LogP contribution in [0.2, 0.25) is 0 Å². The molecule has 1 aliphatic carbocycles. The lowest BCUT2D eigenvalue weighted by Crippen LogP contribution is -2.41. The van der Waals surface area contributed by atoms with Crippen LogP contribution < -0.4 is 10.1 Å². The second-order valence-corrected chi connectivity index (χ2v) is 8.56. The minimum Gasteiger partial charge on any atom is -0.496 e. The molecule has 1 unspecified atom stereocenters. The number of hydrogen-bond acceptors (Lipinski definition) is 3. The molecule has 2 aromatic rings. The van der Waals surface area contributed by atoms with E-state index >= 15 is 0 Å². The molecule has 0 radical (unpaired) electrons. The Hall–Kier alpha value is -3.08. The van der Waals surface area contributed by atoms with Crippen molar-refractivity contribution in [3.05, 3.63) is 71.4 Å². The SMILES string of the molecule is COc1ccccc1C1(CNC(=O)CC2c3ccccc3C=CN2C(C)=O)CCCC1. The minimum atomic E-state index is -0.288. The average Bonchev–Trinajstić information content (AvgIpc) is 3.28. The molecule has 1 N–H and O–H groups in total. The summed E-state index contributed by atoms with van der Waals surface area (Å²) in [5.41, 5.74) is 3.13. The van der Waals surface area contributed by atoms with Crippen molar-refractivity contribution in [2.24, 2.45) is 0 Å². The monoisotopic (exact) mass is 418 g/mol. The summed E-state index contributed by atoms with van der Waals surface area (Å²) < 4.78 is 5.63. The Morgan fingerprint density at radius 1 is 1.10 bits per heavy atom. The molecule has 2 aliphatic rings. The second-order valence-electron chi connectivity index (χ2n) is 8.56. The van der Waals surface area contributed by atoms with E-state index in [0.29, 0.717) is 6.54 Å². The summed E-state index contributed by atoms with van der Waals surface area (Å²) in [5, 5.41) is 3.20. The van der Waals surface area contributed by atoms with Gasteiger partial charge >= 0.3 is 0 Å². The third-order valence-electron chi connectivity index (χ3n) is 6.71. The van der Waals surface area contributed by atoms with Crippen LogP contribution in [0.5, 0.6) is 5.75 Å². The quantitative estimate of drug-likeness (QED) is 0.747. The van der Waals surface area contributed by atoms with Gasteiger partial charge in [-0.3, -0.25) is 9.59 Å². The van der Waals surface area contributed by atoms with Crippen LogP contribution in [0.1, 0.15) is 61.8 Å². The number of hydrogen-bond donors (Lipinski definition) is 1. The van der Waals surface area contributed by atoms with Crippen molar-refractivity contribution in [3.8, 4) is 5.75 Å². The van der Waals surface area contributed by atoms with Gasteiger partial charge in [0.25, 0.3) is 0 Å². The molecular weight excluding hydrogens is 388 g/mol. The van der Waals surface area contributed by atoms with Gasteiger partial charge in [-0.2, -0.15) is 0 Å². The van der Waals surface area contributed by atoms with E-state index < -0.39 is 0 Å². The predicted octanol–water partition coefficient (Wildman–Crippen LogP) is 4.59. The summed E-state index contributed by atoms with van der Waals surface area (Å²) in [5.74, 6) is 0.778. The highest BCUT2D eigenvalue weighted by atomic mass is 16.5. The second kappa shape index (κ2) is 8.96. The largest absolute Gasteiger partial charge is 0.496 e. The Kier molecular flexibility index (Phi) is 6.12. The number of fused-ring (bicyclic) bond motifs is 1. The van der Waals surface area contributed by atoms with Crippen LogP contribution in [0, 0.1) is 0 Å². The molecule has 0 spiro atoms. The van der Waals surface area contributed by atoms with Crippen LogP contribution in [-0.4, -0.2) is 30.4 Å². The Labute approximate surface area is 184 Å². The van der Waals surface area contributed by atoms with Crippen molar-refractivity contribution in [1.82, 2.24) is 10.2 Å². The molecule has 4 rings (SSSR count). The Morgan fingerprint density at radius 3 is 2.55 bits per heavy atom. The maximum absolute atomic E-state index is 13.1. The molecule has 1 heterocycles. The third kappa shape index (κ3) is 4.22. The summed E-state index contributed by atoms with van der Waals surface area (Å²) in [6.45, 7) is 2.12. The Morgan fingerprint density at radius 2 is 1.81 bits per heavy atom. The van der Waals surface area contributed by atoms with Crippen LogP contribution in [-0.2, 0) is 15.0 Å². The van der Waals surface area contributed by atoms with Crippen LogP contribution in [0.15, 0.2) is 54.7 Å². The van der Waals surface area contributed by atoms with E-state index in [9.17, 15) is 9.59 Å². The number of methoxy groups -OCH3 is 1. The number of amides is 2. The first kappa shape index (κ1) is 21.2. The molecule has 0 aromatic heterocycles. The van der Waals surface area contributed by atoms with Gasteiger partial charge in [0, 0.05) is 30.6 Å². The van der Waals surface area contributed by atoms with E-state index in [1.54, 1.807) is 25.1 Å². The van der Waals surface area contributed by atoms with Crippen LogP contribution in [0.25, 0.3) is 6.08 Å². The highest BCUT2D eigenvalue weighted by Gasteiger charge is 2.38. The van der Waals surface area contributed by atoms with Gasteiger partial charge in [0.05, 0.1) is 19.6 Å². The number of nitrogens with one attached hydrogen (secondary N) is 1. The van der Waals surface area contributed by atoms with E-state index in [2.05, 4.69) is 11.4 Å². The molecule has 1 fully saturated rings. The normalized spacial score (nSPS) is 19.0. The fourth-order valence-electron chi connectivity index (χ4n) is 5.10. The van der Waals surface area contributed by atoms with E-state index in [0.717, 1.165) is 42.6 Å². The lowest BCUT2D eigenvalue weighted by Gasteiger charge is -2.34. The molecule has 162 valence electrons. The summed E-state index contributed by atoms with van der Waals surface area (Å²) in [6.07, 6.45) is 8.31. The zero-order valence-corrected chi connectivity index (χ0v) is 18.3. The standard InChI is InChI=1S/C26H30N2O3/c1-19(29)28-16-13-20-9-3-4-10-21(20)23(28)17-25(30)27-18-26(14-7-8-15-26)22-11-5-6-12-24(22)31-2/h3-6,9-13,16,23H,7-8,14-15,17-18H2,1-2H3,(H,27,30). The molecule has 5 nitrogen and oxygen atoms in total. The first-order valence-corrected chi connectivity index (χ1v) is 11.0. The van der Waals surface area contributed by atoms with Gasteiger partial charge in [-0.25, -0.2) is 0 Å². The Balaban J connectivity index is 1.51. The first-order valence-electron chi connectivity index (χ1n) is 11.0. The number of ether oxygens (including phenoxy) is 1. The fraction of sp³-hybridized carbons (Fsp3) is 0.385. The van der Waals surface area contributed by atoms with Crippen molar-refractivity contribution in [1.29, 1.82) is 0 Å². The van der Waals surface area contributed by atoms with E-state index in [-0.39, 0.29) is 29.7 Å². The van der Waals surface area contributed by atoms with Crippen molar-refractivity contribution in [3.63, 3.8) is 0 Å². The van der Waals surface area contributed by atoms with Gasteiger partial charge in [0.2, 0.25) is 11.8 Å². The summed E-state index contributed by atoms with van der Waals surface area (Å²) in [6, 6.07) is 15.8. The lowest BCUT2D eigenvalue weighted by atomic mass is 9.78. The maximum Gasteiger partial charge on any atom is 0.223 e. The zero-order valence-electron chi connectivity index (χ0n) is 18.3. The van der Waals surface area contributed by atoms with Gasteiger partial charge in [0.15, 0.2) is 0 Å². The topological polar surface area (TPSA) is 58.6 Å². The number of rotatable bonds is 6. The molecule has 31 heavy (non-hydrogen) atoms. The highest BCUT2D eigenvalue weighted by Crippen LogP contribution is 2.44. The lowest BCUT2D eigenvalue weighted by molar-refractivity contribution is -0.130.